The first-order valence-electron chi connectivity index (χ1n) is 5.76. The van der Waals surface area contributed by atoms with Crippen LogP contribution in [0.2, 0.25) is 0 Å². The van der Waals surface area contributed by atoms with Crippen LogP contribution in [-0.2, 0) is 14.6 Å². The molecule has 1 atom stereocenters. The third-order valence-electron chi connectivity index (χ3n) is 2.49. The molecule has 0 amide bonds. The molecule has 4 nitrogen and oxygen atoms in total. The molecule has 96 valence electrons. The second-order valence-electron chi connectivity index (χ2n) is 3.84. The summed E-state index contributed by atoms with van der Waals surface area (Å²) < 4.78 is 32.9. The van der Waals surface area contributed by atoms with E-state index < -0.39 is 10.4 Å². The average molecular weight is 250 g/mol. The van der Waals surface area contributed by atoms with Gasteiger partial charge in [0, 0.05) is 0 Å². The van der Waals surface area contributed by atoms with Crippen LogP contribution in [0, 0.1) is 5.92 Å². The second-order valence-corrected chi connectivity index (χ2v) is 4.93. The lowest BCUT2D eigenvalue weighted by atomic mass is 9.96. The van der Waals surface area contributed by atoms with E-state index in [-0.39, 0.29) is 6.61 Å². The van der Waals surface area contributed by atoms with Crippen molar-refractivity contribution in [3.63, 3.8) is 0 Å². The van der Waals surface area contributed by atoms with Crippen molar-refractivity contribution in [2.45, 2.75) is 46.0 Å². The highest BCUT2D eigenvalue weighted by Gasteiger charge is 2.03. The summed E-state index contributed by atoms with van der Waals surface area (Å²) in [6.07, 6.45) is 9.24. The summed E-state index contributed by atoms with van der Waals surface area (Å²) in [5, 5.41) is 0. The predicted octanol–water partition coefficient (Wildman–Crippen LogP) is 2.97. The molecule has 0 aromatic rings. The molecule has 0 saturated carbocycles. The lowest BCUT2D eigenvalue weighted by Crippen LogP contribution is -2.03. The molecule has 0 aromatic heterocycles. The van der Waals surface area contributed by atoms with Gasteiger partial charge in [0.2, 0.25) is 0 Å². The SMILES string of the molecule is CCCCC(CC)CC=CCOS(=O)(=O)O. The normalized spacial score (nSPS) is 14.4. The highest BCUT2D eigenvalue weighted by Crippen LogP contribution is 2.16. The van der Waals surface area contributed by atoms with E-state index in [1.54, 1.807) is 6.08 Å². The molecule has 16 heavy (non-hydrogen) atoms. The van der Waals surface area contributed by atoms with Crippen LogP contribution in [0.4, 0.5) is 0 Å². The first kappa shape index (κ1) is 15.6. The minimum atomic E-state index is -4.30. The summed E-state index contributed by atoms with van der Waals surface area (Å²) in [5.41, 5.74) is 0. The topological polar surface area (TPSA) is 63.6 Å². The zero-order chi connectivity index (χ0) is 12.4. The Labute approximate surface area is 98.7 Å². The van der Waals surface area contributed by atoms with Gasteiger partial charge in [-0.05, 0) is 12.3 Å². The Kier molecular flexibility index (Phi) is 8.51. The molecule has 0 fully saturated rings. The number of hydrogen-bond acceptors (Lipinski definition) is 3. The fourth-order valence-electron chi connectivity index (χ4n) is 1.46. The van der Waals surface area contributed by atoms with Gasteiger partial charge in [0.05, 0.1) is 6.61 Å². The van der Waals surface area contributed by atoms with E-state index in [9.17, 15) is 8.42 Å². The molecule has 0 spiro atoms. The molecule has 0 aromatic carbocycles. The van der Waals surface area contributed by atoms with Crippen molar-refractivity contribution in [2.24, 2.45) is 5.92 Å². The molecule has 0 aliphatic rings. The molecule has 1 N–H and O–H groups in total. The van der Waals surface area contributed by atoms with Crippen LogP contribution >= 0.6 is 0 Å². The maximum absolute atomic E-state index is 10.2. The van der Waals surface area contributed by atoms with Crippen molar-refractivity contribution in [1.82, 2.24) is 0 Å². The van der Waals surface area contributed by atoms with E-state index in [0.717, 1.165) is 12.8 Å². The Hall–Kier alpha value is -0.390. The molecule has 0 bridgehead atoms. The van der Waals surface area contributed by atoms with Gasteiger partial charge in [-0.3, -0.25) is 4.55 Å². The third kappa shape index (κ3) is 10.1. The molecule has 0 heterocycles. The van der Waals surface area contributed by atoms with Crippen molar-refractivity contribution in [1.29, 1.82) is 0 Å². The van der Waals surface area contributed by atoms with Gasteiger partial charge in [-0.25, -0.2) is 4.18 Å². The van der Waals surface area contributed by atoms with E-state index >= 15 is 0 Å². The van der Waals surface area contributed by atoms with Crippen molar-refractivity contribution in [3.05, 3.63) is 12.2 Å². The number of unbranched alkanes of at least 4 members (excludes halogenated alkanes) is 1. The summed E-state index contributed by atoms with van der Waals surface area (Å²) in [7, 11) is -4.30. The molecule has 0 radical (unpaired) electrons. The monoisotopic (exact) mass is 250 g/mol. The maximum atomic E-state index is 10.2. The lowest BCUT2D eigenvalue weighted by Gasteiger charge is -2.10. The van der Waals surface area contributed by atoms with Crippen LogP contribution in [0.3, 0.4) is 0 Å². The van der Waals surface area contributed by atoms with Crippen molar-refractivity contribution >= 4 is 10.4 Å². The van der Waals surface area contributed by atoms with Gasteiger partial charge >= 0.3 is 10.4 Å². The van der Waals surface area contributed by atoms with Crippen molar-refractivity contribution in [3.8, 4) is 0 Å². The fourth-order valence-corrected chi connectivity index (χ4v) is 1.71. The maximum Gasteiger partial charge on any atom is 0.397 e. The number of rotatable bonds is 9. The van der Waals surface area contributed by atoms with Crippen LogP contribution in [-0.4, -0.2) is 19.6 Å². The molecule has 0 rings (SSSR count). The molecule has 0 saturated heterocycles. The van der Waals surface area contributed by atoms with E-state index in [2.05, 4.69) is 18.0 Å². The summed E-state index contributed by atoms with van der Waals surface area (Å²) in [6, 6.07) is 0. The smallest absolute Gasteiger partial charge is 0.264 e. The minimum absolute atomic E-state index is 0.0942. The number of hydrogen-bond donors (Lipinski definition) is 1. The van der Waals surface area contributed by atoms with E-state index in [0.29, 0.717) is 5.92 Å². The first-order chi connectivity index (χ1) is 7.49. The van der Waals surface area contributed by atoms with Crippen LogP contribution in [0.1, 0.15) is 46.0 Å². The third-order valence-corrected chi connectivity index (χ3v) is 2.93. The van der Waals surface area contributed by atoms with Gasteiger partial charge < -0.3 is 0 Å². The zero-order valence-electron chi connectivity index (χ0n) is 10.1. The van der Waals surface area contributed by atoms with Crippen LogP contribution in [0.25, 0.3) is 0 Å². The fraction of sp³-hybridized carbons (Fsp3) is 0.818. The van der Waals surface area contributed by atoms with E-state index in [1.807, 2.05) is 6.08 Å². The molecular weight excluding hydrogens is 228 g/mol. The standard InChI is InChI=1S/C11H22O4S/c1-3-5-8-11(4-2)9-6-7-10-15-16(12,13)14/h6-7,11H,3-5,8-10H2,1-2H3,(H,12,13,14). The molecule has 1 unspecified atom stereocenters. The Morgan fingerprint density at radius 1 is 1.31 bits per heavy atom. The van der Waals surface area contributed by atoms with Crippen molar-refractivity contribution in [2.75, 3.05) is 6.61 Å². The molecule has 0 aliphatic heterocycles. The quantitative estimate of drug-likeness (QED) is 0.505. The average Bonchev–Trinajstić information content (AvgIpc) is 2.20. The van der Waals surface area contributed by atoms with Crippen LogP contribution in [0.5, 0.6) is 0 Å². The minimum Gasteiger partial charge on any atom is -0.264 e. The molecule has 0 aliphatic carbocycles. The zero-order valence-corrected chi connectivity index (χ0v) is 10.9. The van der Waals surface area contributed by atoms with Gasteiger partial charge in [-0.1, -0.05) is 51.7 Å². The lowest BCUT2D eigenvalue weighted by molar-refractivity contribution is 0.296. The molecule has 5 heteroatoms. The summed E-state index contributed by atoms with van der Waals surface area (Å²) in [5.74, 6) is 0.655. The van der Waals surface area contributed by atoms with Gasteiger partial charge in [0.15, 0.2) is 0 Å². The van der Waals surface area contributed by atoms with E-state index in [1.165, 1.54) is 19.3 Å². The van der Waals surface area contributed by atoms with E-state index in [4.69, 9.17) is 4.55 Å². The second kappa shape index (κ2) is 8.73. The van der Waals surface area contributed by atoms with Crippen LogP contribution < -0.4 is 0 Å². The first-order valence-corrected chi connectivity index (χ1v) is 7.13. The Balaban J connectivity index is 3.71. The number of allylic oxidation sites excluding steroid dienone is 1. The summed E-state index contributed by atoms with van der Waals surface area (Å²) in [6.45, 7) is 4.23. The Morgan fingerprint density at radius 3 is 2.50 bits per heavy atom. The van der Waals surface area contributed by atoms with Crippen LogP contribution in [0.15, 0.2) is 12.2 Å². The van der Waals surface area contributed by atoms with Gasteiger partial charge in [-0.15, -0.1) is 0 Å². The Bertz CT molecular complexity index is 282. The summed E-state index contributed by atoms with van der Waals surface area (Å²) >= 11 is 0. The van der Waals surface area contributed by atoms with Crippen molar-refractivity contribution < 1.29 is 17.2 Å². The highest BCUT2D eigenvalue weighted by atomic mass is 32.3. The summed E-state index contributed by atoms with van der Waals surface area (Å²) in [4.78, 5) is 0. The predicted molar refractivity (Wildman–Crippen MR) is 64.6 cm³/mol. The Morgan fingerprint density at radius 2 is 2.00 bits per heavy atom. The van der Waals surface area contributed by atoms with Gasteiger partial charge in [0.25, 0.3) is 0 Å². The molecular formula is C11H22O4S. The van der Waals surface area contributed by atoms with Gasteiger partial charge in [0.1, 0.15) is 0 Å². The highest BCUT2D eigenvalue weighted by molar-refractivity contribution is 7.80. The largest absolute Gasteiger partial charge is 0.397 e. The van der Waals surface area contributed by atoms with Gasteiger partial charge in [-0.2, -0.15) is 8.42 Å².